The van der Waals surface area contributed by atoms with Crippen molar-refractivity contribution in [2.24, 2.45) is 0 Å². The number of hydrogen-bond acceptors (Lipinski definition) is 5. The van der Waals surface area contributed by atoms with Crippen molar-refractivity contribution in [1.29, 1.82) is 0 Å². The van der Waals surface area contributed by atoms with E-state index in [2.05, 4.69) is 10.3 Å². The molecule has 0 aliphatic rings. The highest BCUT2D eigenvalue weighted by atomic mass is 16.5. The molecule has 1 aromatic heterocycles. The van der Waals surface area contributed by atoms with Gasteiger partial charge in [0.05, 0.1) is 7.11 Å². The molecule has 0 radical (unpaired) electrons. The first-order valence-corrected chi connectivity index (χ1v) is 10.9. The zero-order valence-electron chi connectivity index (χ0n) is 18.9. The lowest BCUT2D eigenvalue weighted by Crippen LogP contribution is -2.22. The van der Waals surface area contributed by atoms with E-state index in [0.717, 1.165) is 16.7 Å². The molecule has 0 unspecified atom stereocenters. The normalized spacial score (nSPS) is 10.4. The zero-order valence-corrected chi connectivity index (χ0v) is 18.9. The molecule has 4 rings (SSSR count). The largest absolute Gasteiger partial charge is 0.493 e. The predicted octanol–water partition coefficient (Wildman–Crippen LogP) is 5.18. The summed E-state index contributed by atoms with van der Waals surface area (Å²) in [4.78, 5) is 16.8. The fraction of sp³-hybridized carbons (Fsp3) is 0.143. The molecule has 0 atom stereocenters. The Bertz CT molecular complexity index is 1210. The smallest absolute Gasteiger partial charge is 0.251 e. The van der Waals surface area contributed by atoms with E-state index >= 15 is 0 Å². The van der Waals surface area contributed by atoms with Crippen molar-refractivity contribution in [3.8, 4) is 17.2 Å². The minimum Gasteiger partial charge on any atom is -0.493 e. The van der Waals surface area contributed by atoms with E-state index in [1.165, 1.54) is 0 Å². The fourth-order valence-electron chi connectivity index (χ4n) is 3.34. The van der Waals surface area contributed by atoms with E-state index in [4.69, 9.17) is 14.2 Å². The number of ether oxygens (including phenoxy) is 3. The van der Waals surface area contributed by atoms with Gasteiger partial charge in [-0.1, -0.05) is 48.5 Å². The van der Waals surface area contributed by atoms with Crippen LogP contribution in [0.4, 0.5) is 0 Å². The lowest BCUT2D eigenvalue weighted by molar-refractivity contribution is 0.0950. The Kier molecular flexibility index (Phi) is 7.74. The summed E-state index contributed by atoms with van der Waals surface area (Å²) in [5, 5.41) is 2.94. The summed E-state index contributed by atoms with van der Waals surface area (Å²) < 4.78 is 17.2. The van der Waals surface area contributed by atoms with Crippen molar-refractivity contribution < 1.29 is 19.0 Å². The molecule has 0 aliphatic carbocycles. The Morgan fingerprint density at radius 2 is 1.62 bits per heavy atom. The second-order valence-electron chi connectivity index (χ2n) is 7.62. The number of pyridine rings is 1. The van der Waals surface area contributed by atoms with Gasteiger partial charge in [0, 0.05) is 30.1 Å². The summed E-state index contributed by atoms with van der Waals surface area (Å²) >= 11 is 0. The maximum atomic E-state index is 12.7. The van der Waals surface area contributed by atoms with E-state index in [1.807, 2.05) is 66.7 Å². The summed E-state index contributed by atoms with van der Waals surface area (Å²) in [6.45, 7) is 1.19. The van der Waals surface area contributed by atoms with Gasteiger partial charge >= 0.3 is 0 Å². The highest BCUT2D eigenvalue weighted by molar-refractivity contribution is 5.94. The number of nitrogens with zero attached hydrogens (tertiary/aromatic N) is 1. The van der Waals surface area contributed by atoms with E-state index < -0.39 is 0 Å². The minimum atomic E-state index is -0.185. The third-order valence-corrected chi connectivity index (χ3v) is 5.14. The second-order valence-corrected chi connectivity index (χ2v) is 7.62. The van der Waals surface area contributed by atoms with Crippen LogP contribution in [0, 0.1) is 0 Å². The highest BCUT2D eigenvalue weighted by Crippen LogP contribution is 2.29. The van der Waals surface area contributed by atoms with Gasteiger partial charge < -0.3 is 19.5 Å². The van der Waals surface area contributed by atoms with Crippen LogP contribution in [0.1, 0.15) is 27.0 Å². The molecule has 0 saturated heterocycles. The molecule has 0 fully saturated rings. The van der Waals surface area contributed by atoms with Crippen LogP contribution in [0.15, 0.2) is 97.3 Å². The standard InChI is InChI=1S/C28H26N2O4/c1-32-27-15-22(12-13-26(27)34-19-21-7-3-2-4-8-21)18-30-28(31)24-10-5-11-25(16-24)33-20-23-9-6-14-29-17-23/h2-17H,18-20H2,1H3,(H,30,31). The molecule has 4 aromatic rings. The van der Waals surface area contributed by atoms with Crippen molar-refractivity contribution in [1.82, 2.24) is 10.3 Å². The predicted molar refractivity (Wildman–Crippen MR) is 130 cm³/mol. The van der Waals surface area contributed by atoms with Crippen molar-refractivity contribution >= 4 is 5.91 Å². The van der Waals surface area contributed by atoms with Crippen molar-refractivity contribution in [2.45, 2.75) is 19.8 Å². The molecule has 1 N–H and O–H groups in total. The van der Waals surface area contributed by atoms with Crippen LogP contribution >= 0.6 is 0 Å². The van der Waals surface area contributed by atoms with E-state index in [9.17, 15) is 4.79 Å². The summed E-state index contributed by atoms with van der Waals surface area (Å²) in [7, 11) is 1.60. The maximum Gasteiger partial charge on any atom is 0.251 e. The second kappa shape index (κ2) is 11.5. The number of hydrogen-bond donors (Lipinski definition) is 1. The highest BCUT2D eigenvalue weighted by Gasteiger charge is 2.10. The number of rotatable bonds is 10. The SMILES string of the molecule is COc1cc(CNC(=O)c2cccc(OCc3cccnc3)c2)ccc1OCc1ccccc1. The third kappa shape index (κ3) is 6.36. The van der Waals surface area contributed by atoms with Crippen LogP contribution in [0.25, 0.3) is 0 Å². The number of carbonyl (C=O) groups is 1. The molecule has 1 heterocycles. The van der Waals surface area contributed by atoms with Crippen LogP contribution in [-0.4, -0.2) is 18.0 Å². The molecule has 1 amide bonds. The van der Waals surface area contributed by atoms with E-state index in [1.54, 1.807) is 37.7 Å². The Hall–Kier alpha value is -4.32. The van der Waals surface area contributed by atoms with Gasteiger partial charge in [-0.15, -0.1) is 0 Å². The number of carbonyl (C=O) groups excluding carboxylic acids is 1. The van der Waals surface area contributed by atoms with Crippen molar-refractivity contribution in [3.63, 3.8) is 0 Å². The molecule has 6 heteroatoms. The zero-order chi connectivity index (χ0) is 23.6. The summed E-state index contributed by atoms with van der Waals surface area (Å²) in [6.07, 6.45) is 3.47. The van der Waals surface area contributed by atoms with Crippen LogP contribution < -0.4 is 19.5 Å². The first-order chi connectivity index (χ1) is 16.7. The van der Waals surface area contributed by atoms with E-state index in [-0.39, 0.29) is 5.91 Å². The summed E-state index contributed by atoms with van der Waals surface area (Å²) in [6, 6.07) is 26.5. The Morgan fingerprint density at radius 1 is 0.794 bits per heavy atom. The van der Waals surface area contributed by atoms with Crippen LogP contribution in [-0.2, 0) is 19.8 Å². The van der Waals surface area contributed by atoms with Crippen molar-refractivity contribution in [2.75, 3.05) is 7.11 Å². The number of benzene rings is 3. The van der Waals surface area contributed by atoms with Crippen LogP contribution in [0.5, 0.6) is 17.2 Å². The molecule has 6 nitrogen and oxygen atoms in total. The summed E-state index contributed by atoms with van der Waals surface area (Å²) in [5.74, 6) is 1.71. The fourth-order valence-corrected chi connectivity index (χ4v) is 3.34. The van der Waals surface area contributed by atoms with Gasteiger partial charge in [-0.25, -0.2) is 0 Å². The lowest BCUT2D eigenvalue weighted by atomic mass is 10.1. The molecule has 172 valence electrons. The van der Waals surface area contributed by atoms with Crippen molar-refractivity contribution in [3.05, 3.63) is 120 Å². The molecule has 0 spiro atoms. The summed E-state index contributed by atoms with van der Waals surface area (Å²) in [5.41, 5.74) is 3.47. The van der Waals surface area contributed by atoms with Gasteiger partial charge in [0.1, 0.15) is 19.0 Å². The number of methoxy groups -OCH3 is 1. The monoisotopic (exact) mass is 454 g/mol. The molecule has 0 saturated carbocycles. The van der Waals surface area contributed by atoms with Gasteiger partial charge in [0.15, 0.2) is 11.5 Å². The number of aromatic nitrogens is 1. The molecule has 3 aromatic carbocycles. The van der Waals surface area contributed by atoms with E-state index in [0.29, 0.717) is 42.6 Å². The van der Waals surface area contributed by atoms with Gasteiger partial charge in [-0.3, -0.25) is 9.78 Å². The number of amides is 1. The average molecular weight is 455 g/mol. The van der Waals surface area contributed by atoms with Gasteiger partial charge in [-0.05, 0) is 47.5 Å². The Balaban J connectivity index is 1.33. The van der Waals surface area contributed by atoms with Gasteiger partial charge in [-0.2, -0.15) is 0 Å². The molecule has 0 bridgehead atoms. The Morgan fingerprint density at radius 3 is 2.41 bits per heavy atom. The first-order valence-electron chi connectivity index (χ1n) is 10.9. The molecule has 0 aliphatic heterocycles. The average Bonchev–Trinajstić information content (AvgIpc) is 2.91. The number of nitrogens with one attached hydrogen (secondary N) is 1. The third-order valence-electron chi connectivity index (χ3n) is 5.14. The first kappa shape index (κ1) is 22.9. The Labute approximate surface area is 199 Å². The minimum absolute atomic E-state index is 0.185. The van der Waals surface area contributed by atoms with Gasteiger partial charge in [0.25, 0.3) is 5.91 Å². The molecule has 34 heavy (non-hydrogen) atoms. The maximum absolute atomic E-state index is 12.7. The van der Waals surface area contributed by atoms with Gasteiger partial charge in [0.2, 0.25) is 0 Å². The van der Waals surface area contributed by atoms with Crippen LogP contribution in [0.2, 0.25) is 0 Å². The quantitative estimate of drug-likeness (QED) is 0.358. The topological polar surface area (TPSA) is 69.7 Å². The lowest BCUT2D eigenvalue weighted by Gasteiger charge is -2.13. The molecular formula is C28H26N2O4. The molecular weight excluding hydrogens is 428 g/mol. The van der Waals surface area contributed by atoms with Crippen LogP contribution in [0.3, 0.4) is 0 Å².